The van der Waals surface area contributed by atoms with E-state index in [-0.39, 0.29) is 5.97 Å². The van der Waals surface area contributed by atoms with Crippen molar-refractivity contribution in [3.05, 3.63) is 0 Å². The van der Waals surface area contributed by atoms with E-state index in [4.69, 9.17) is 4.74 Å². The molecule has 0 amide bonds. The molecule has 162 valence electrons. The average molecular weight is 383 g/mol. The van der Waals surface area contributed by atoms with Crippen LogP contribution in [0.15, 0.2) is 0 Å². The van der Waals surface area contributed by atoms with Gasteiger partial charge in [0, 0.05) is 6.42 Å². The second-order valence-electron chi connectivity index (χ2n) is 8.81. The fraction of sp³-hybridized carbons (Fsp3) is 0.960. The number of rotatable bonds is 21. The monoisotopic (exact) mass is 382 g/mol. The summed E-state index contributed by atoms with van der Waals surface area (Å²) in [6, 6.07) is 0. The quantitative estimate of drug-likeness (QED) is 0.147. The van der Waals surface area contributed by atoms with Crippen molar-refractivity contribution in [1.29, 1.82) is 0 Å². The molecule has 27 heavy (non-hydrogen) atoms. The van der Waals surface area contributed by atoms with Crippen molar-refractivity contribution in [3.8, 4) is 0 Å². The Morgan fingerprint density at radius 1 is 0.630 bits per heavy atom. The van der Waals surface area contributed by atoms with E-state index < -0.39 is 0 Å². The molecule has 2 nitrogen and oxygen atoms in total. The second kappa shape index (κ2) is 21.8. The molecule has 0 N–H and O–H groups in total. The third-order valence-corrected chi connectivity index (χ3v) is 5.44. The van der Waals surface area contributed by atoms with Gasteiger partial charge in [0.25, 0.3) is 0 Å². The molecule has 0 saturated heterocycles. The lowest BCUT2D eigenvalue weighted by Crippen LogP contribution is -2.07. The summed E-state index contributed by atoms with van der Waals surface area (Å²) in [5, 5.41) is 0. The highest BCUT2D eigenvalue weighted by Crippen LogP contribution is 2.14. The van der Waals surface area contributed by atoms with Crippen LogP contribution in [0, 0.1) is 5.92 Å². The first kappa shape index (κ1) is 26.5. The van der Waals surface area contributed by atoms with Crippen LogP contribution >= 0.6 is 0 Å². The van der Waals surface area contributed by atoms with Gasteiger partial charge in [-0.2, -0.15) is 0 Å². The predicted octanol–water partition coefficient (Wildman–Crippen LogP) is 8.62. The van der Waals surface area contributed by atoms with E-state index in [1.165, 1.54) is 103 Å². The van der Waals surface area contributed by atoms with Crippen LogP contribution in [0.25, 0.3) is 0 Å². The molecule has 0 aromatic carbocycles. The van der Waals surface area contributed by atoms with Gasteiger partial charge in [-0.15, -0.1) is 0 Å². The molecular weight excluding hydrogens is 332 g/mol. The van der Waals surface area contributed by atoms with Crippen LogP contribution in [0.5, 0.6) is 0 Å². The molecule has 0 heterocycles. The molecule has 0 fully saturated rings. The third kappa shape index (κ3) is 23.4. The van der Waals surface area contributed by atoms with E-state index in [9.17, 15) is 4.79 Å². The van der Waals surface area contributed by atoms with Crippen LogP contribution in [-0.2, 0) is 9.53 Å². The topological polar surface area (TPSA) is 26.3 Å². The van der Waals surface area contributed by atoms with Gasteiger partial charge in [-0.05, 0) is 18.8 Å². The van der Waals surface area contributed by atoms with E-state index in [0.29, 0.717) is 18.9 Å². The first-order chi connectivity index (χ1) is 13.2. The minimum Gasteiger partial charge on any atom is -0.466 e. The summed E-state index contributed by atoms with van der Waals surface area (Å²) in [5.41, 5.74) is 0. The third-order valence-electron chi connectivity index (χ3n) is 5.44. The Morgan fingerprint density at radius 2 is 1.00 bits per heavy atom. The Balaban J connectivity index is 3.09. The minimum atomic E-state index is -0.00314. The van der Waals surface area contributed by atoms with Crippen LogP contribution in [0.1, 0.15) is 143 Å². The van der Waals surface area contributed by atoms with Gasteiger partial charge in [-0.25, -0.2) is 0 Å². The Hall–Kier alpha value is -0.530. The zero-order valence-corrected chi connectivity index (χ0v) is 19.0. The molecule has 0 aliphatic carbocycles. The zero-order chi connectivity index (χ0) is 20.0. The maximum absolute atomic E-state index is 11.6. The van der Waals surface area contributed by atoms with Gasteiger partial charge in [-0.1, -0.05) is 124 Å². The summed E-state index contributed by atoms with van der Waals surface area (Å²) in [6.45, 7) is 7.19. The van der Waals surface area contributed by atoms with Crippen molar-refractivity contribution in [2.24, 2.45) is 5.92 Å². The van der Waals surface area contributed by atoms with Crippen molar-refractivity contribution in [2.75, 3.05) is 6.61 Å². The lowest BCUT2D eigenvalue weighted by molar-refractivity contribution is -0.144. The zero-order valence-electron chi connectivity index (χ0n) is 19.0. The first-order valence-corrected chi connectivity index (χ1v) is 12.3. The van der Waals surface area contributed by atoms with Crippen molar-refractivity contribution >= 4 is 5.97 Å². The van der Waals surface area contributed by atoms with Gasteiger partial charge in [0.1, 0.15) is 0 Å². The number of carbonyl (C=O) groups is 1. The summed E-state index contributed by atoms with van der Waals surface area (Å²) < 4.78 is 5.24. The molecule has 0 aromatic rings. The summed E-state index contributed by atoms with van der Waals surface area (Å²) in [5.74, 6) is 0.606. The van der Waals surface area contributed by atoms with E-state index in [1.807, 2.05) is 0 Å². The van der Waals surface area contributed by atoms with E-state index in [0.717, 1.165) is 12.8 Å². The van der Waals surface area contributed by atoms with Crippen molar-refractivity contribution in [1.82, 2.24) is 0 Å². The number of esters is 1. The van der Waals surface area contributed by atoms with Crippen LogP contribution < -0.4 is 0 Å². The van der Waals surface area contributed by atoms with Gasteiger partial charge >= 0.3 is 5.97 Å². The SMILES string of the molecule is CCCCCCCCCCCCCCCCCCCC(=O)OCCC(C)C. The maximum atomic E-state index is 11.6. The lowest BCUT2D eigenvalue weighted by Gasteiger charge is -2.06. The Morgan fingerprint density at radius 3 is 1.37 bits per heavy atom. The minimum absolute atomic E-state index is 0.00314. The summed E-state index contributed by atoms with van der Waals surface area (Å²) in [6.07, 6.45) is 24.9. The Bertz CT molecular complexity index is 299. The summed E-state index contributed by atoms with van der Waals surface area (Å²) >= 11 is 0. The molecule has 0 radical (unpaired) electrons. The number of carbonyl (C=O) groups excluding carboxylic acids is 1. The molecule has 0 aliphatic heterocycles. The molecule has 0 spiro atoms. The molecule has 0 rings (SSSR count). The number of hydrogen-bond donors (Lipinski definition) is 0. The van der Waals surface area contributed by atoms with Crippen LogP contribution in [0.2, 0.25) is 0 Å². The van der Waals surface area contributed by atoms with Crippen molar-refractivity contribution in [3.63, 3.8) is 0 Å². The largest absolute Gasteiger partial charge is 0.466 e. The van der Waals surface area contributed by atoms with Gasteiger partial charge < -0.3 is 4.74 Å². The van der Waals surface area contributed by atoms with Gasteiger partial charge in [0.15, 0.2) is 0 Å². The highest BCUT2D eigenvalue weighted by Gasteiger charge is 2.03. The molecule has 0 unspecified atom stereocenters. The second-order valence-corrected chi connectivity index (χ2v) is 8.81. The van der Waals surface area contributed by atoms with Gasteiger partial charge in [0.05, 0.1) is 6.61 Å². The average Bonchev–Trinajstić information content (AvgIpc) is 2.64. The predicted molar refractivity (Wildman–Crippen MR) is 119 cm³/mol. The van der Waals surface area contributed by atoms with E-state index in [1.54, 1.807) is 0 Å². The molecule has 0 atom stereocenters. The summed E-state index contributed by atoms with van der Waals surface area (Å²) in [4.78, 5) is 11.6. The van der Waals surface area contributed by atoms with Crippen LogP contribution in [0.3, 0.4) is 0 Å². The van der Waals surface area contributed by atoms with Crippen LogP contribution in [0.4, 0.5) is 0 Å². The smallest absolute Gasteiger partial charge is 0.305 e. The number of hydrogen-bond acceptors (Lipinski definition) is 2. The fourth-order valence-corrected chi connectivity index (χ4v) is 3.47. The molecule has 2 heteroatoms. The number of unbranched alkanes of at least 4 members (excludes halogenated alkanes) is 16. The molecule has 0 aromatic heterocycles. The molecule has 0 aliphatic rings. The normalized spacial score (nSPS) is 11.3. The fourth-order valence-electron chi connectivity index (χ4n) is 3.47. The molecular formula is C25H50O2. The number of ether oxygens (including phenoxy) is 1. The maximum Gasteiger partial charge on any atom is 0.305 e. The standard InChI is InChI=1S/C25H50O2/c1-4-5-6-7-8-9-10-11-12-13-14-15-16-17-18-19-20-21-25(26)27-23-22-24(2)3/h24H,4-23H2,1-3H3. The highest BCUT2D eigenvalue weighted by molar-refractivity contribution is 5.69. The van der Waals surface area contributed by atoms with Gasteiger partial charge in [0.2, 0.25) is 0 Å². The highest BCUT2D eigenvalue weighted by atomic mass is 16.5. The first-order valence-electron chi connectivity index (χ1n) is 12.3. The Labute approximate surface area is 171 Å². The van der Waals surface area contributed by atoms with Crippen molar-refractivity contribution < 1.29 is 9.53 Å². The van der Waals surface area contributed by atoms with Gasteiger partial charge in [-0.3, -0.25) is 4.79 Å². The Kier molecular flexibility index (Phi) is 21.3. The van der Waals surface area contributed by atoms with Crippen molar-refractivity contribution in [2.45, 2.75) is 143 Å². The lowest BCUT2D eigenvalue weighted by atomic mass is 10.0. The van der Waals surface area contributed by atoms with E-state index >= 15 is 0 Å². The molecule has 0 bridgehead atoms. The molecule has 0 saturated carbocycles. The van der Waals surface area contributed by atoms with Crippen LogP contribution in [-0.4, -0.2) is 12.6 Å². The van der Waals surface area contributed by atoms with E-state index in [2.05, 4.69) is 20.8 Å². The summed E-state index contributed by atoms with van der Waals surface area (Å²) in [7, 11) is 0.